The topological polar surface area (TPSA) is 35.6 Å². The Balaban J connectivity index is 1.61. The van der Waals surface area contributed by atoms with Crippen LogP contribution >= 0.6 is 11.6 Å². The highest BCUT2D eigenvalue weighted by atomic mass is 35.5. The molecule has 0 aromatic heterocycles. The zero-order chi connectivity index (χ0) is 19.1. The number of amides is 1. The fourth-order valence-corrected chi connectivity index (χ4v) is 3.58. The molecule has 0 saturated carbocycles. The maximum absolute atomic E-state index is 12.6. The molecule has 27 heavy (non-hydrogen) atoms. The first-order valence-electron chi connectivity index (χ1n) is 9.65. The van der Waals surface area contributed by atoms with Gasteiger partial charge in [-0.15, -0.1) is 0 Å². The van der Waals surface area contributed by atoms with Crippen molar-refractivity contribution in [1.29, 1.82) is 0 Å². The van der Waals surface area contributed by atoms with Gasteiger partial charge in [0, 0.05) is 30.3 Å². The molecule has 0 radical (unpaired) electrons. The average molecular weight is 386 g/mol. The van der Waals surface area contributed by atoms with E-state index in [1.807, 2.05) is 55.5 Å². The van der Waals surface area contributed by atoms with Crippen LogP contribution in [0.15, 0.2) is 48.5 Å². The van der Waals surface area contributed by atoms with E-state index in [1.165, 1.54) is 31.5 Å². The van der Waals surface area contributed by atoms with Crippen molar-refractivity contribution in [3.8, 4) is 0 Å². The van der Waals surface area contributed by atoms with E-state index in [1.54, 1.807) is 0 Å². The van der Waals surface area contributed by atoms with Crippen LogP contribution in [0.25, 0.3) is 0 Å². The van der Waals surface area contributed by atoms with Crippen molar-refractivity contribution in [3.05, 3.63) is 64.7 Å². The second-order valence-electron chi connectivity index (χ2n) is 7.25. The molecule has 0 bridgehead atoms. The van der Waals surface area contributed by atoms with Crippen molar-refractivity contribution in [3.63, 3.8) is 0 Å². The van der Waals surface area contributed by atoms with Gasteiger partial charge in [-0.3, -0.25) is 9.69 Å². The molecule has 2 aromatic carbocycles. The first-order valence-corrected chi connectivity index (χ1v) is 10.0. The third-order valence-corrected chi connectivity index (χ3v) is 5.29. The Kier molecular flexibility index (Phi) is 7.27. The number of hydrogen-bond donors (Lipinski definition) is 1. The zero-order valence-electron chi connectivity index (χ0n) is 16.0. The van der Waals surface area contributed by atoms with Crippen LogP contribution in [-0.2, 0) is 11.3 Å². The summed E-state index contributed by atoms with van der Waals surface area (Å²) >= 11 is 6.00. The number of nitrogens with one attached hydrogen (secondary N) is 1. The number of anilines is 1. The number of halogens is 1. The Morgan fingerprint density at radius 2 is 1.81 bits per heavy atom. The van der Waals surface area contributed by atoms with Crippen LogP contribution in [0, 0.1) is 6.92 Å². The molecule has 4 nitrogen and oxygen atoms in total. The number of carbonyl (C=O) groups is 1. The molecular weight excluding hydrogens is 358 g/mol. The summed E-state index contributed by atoms with van der Waals surface area (Å²) in [6, 6.07) is 15.8. The summed E-state index contributed by atoms with van der Waals surface area (Å²) < 4.78 is 0. The lowest BCUT2D eigenvalue weighted by Crippen LogP contribution is -2.38. The van der Waals surface area contributed by atoms with Gasteiger partial charge in [0.15, 0.2) is 0 Å². The first-order chi connectivity index (χ1) is 13.1. The molecule has 0 atom stereocenters. The lowest BCUT2D eigenvalue weighted by molar-refractivity contribution is -0.117. The molecule has 1 aliphatic rings. The molecule has 144 valence electrons. The van der Waals surface area contributed by atoms with Crippen molar-refractivity contribution < 1.29 is 4.79 Å². The van der Waals surface area contributed by atoms with Crippen LogP contribution in [0.2, 0.25) is 5.02 Å². The Morgan fingerprint density at radius 1 is 1.11 bits per heavy atom. The van der Waals surface area contributed by atoms with Crippen molar-refractivity contribution >= 4 is 23.2 Å². The minimum Gasteiger partial charge on any atom is -0.325 e. The molecule has 3 rings (SSSR count). The van der Waals surface area contributed by atoms with E-state index in [0.717, 1.165) is 35.9 Å². The van der Waals surface area contributed by atoms with Gasteiger partial charge < -0.3 is 10.2 Å². The van der Waals surface area contributed by atoms with E-state index >= 15 is 0 Å². The van der Waals surface area contributed by atoms with E-state index in [2.05, 4.69) is 15.1 Å². The van der Waals surface area contributed by atoms with Crippen LogP contribution in [0.1, 0.15) is 24.0 Å². The Bertz CT molecular complexity index is 741. The molecule has 0 aliphatic carbocycles. The number of nitrogens with zero attached hydrogens (tertiary/aromatic N) is 2. The Hall–Kier alpha value is -1.88. The monoisotopic (exact) mass is 385 g/mol. The summed E-state index contributed by atoms with van der Waals surface area (Å²) in [7, 11) is 0. The van der Waals surface area contributed by atoms with E-state index in [-0.39, 0.29) is 5.91 Å². The van der Waals surface area contributed by atoms with E-state index < -0.39 is 0 Å². The maximum atomic E-state index is 12.6. The van der Waals surface area contributed by atoms with Crippen molar-refractivity contribution in [2.45, 2.75) is 26.3 Å². The molecule has 0 unspecified atom stereocenters. The average Bonchev–Trinajstić information content (AvgIpc) is 3.17. The van der Waals surface area contributed by atoms with Crippen LogP contribution in [0.4, 0.5) is 5.69 Å². The van der Waals surface area contributed by atoms with E-state index in [9.17, 15) is 4.79 Å². The summed E-state index contributed by atoms with van der Waals surface area (Å²) in [6.45, 7) is 7.36. The second-order valence-corrected chi connectivity index (χ2v) is 7.69. The number of carbonyl (C=O) groups excluding carboxylic acids is 1. The summed E-state index contributed by atoms with van der Waals surface area (Å²) in [6.07, 6.45) is 2.57. The minimum atomic E-state index is 0.0275. The summed E-state index contributed by atoms with van der Waals surface area (Å²) in [4.78, 5) is 17.3. The highest BCUT2D eigenvalue weighted by Crippen LogP contribution is 2.15. The van der Waals surface area contributed by atoms with Gasteiger partial charge in [0.1, 0.15) is 0 Å². The number of benzene rings is 2. The summed E-state index contributed by atoms with van der Waals surface area (Å²) in [5.41, 5.74) is 3.13. The molecule has 0 spiro atoms. The lowest BCUT2D eigenvalue weighted by atomic mass is 10.2. The Labute approximate surface area is 167 Å². The standard InChI is InChI=1S/C22H28ClN3O/c1-18-6-2-3-7-21(18)24-22(27)17-26(15-14-25-12-4-5-13-25)16-19-8-10-20(23)11-9-19/h2-3,6-11H,4-5,12-17H2,1H3,(H,24,27). The fourth-order valence-electron chi connectivity index (χ4n) is 3.46. The molecule has 2 aromatic rings. The summed E-state index contributed by atoms with van der Waals surface area (Å²) in [5.74, 6) is 0.0275. The smallest absolute Gasteiger partial charge is 0.238 e. The predicted octanol–water partition coefficient (Wildman–Crippen LogP) is 4.18. The summed E-state index contributed by atoms with van der Waals surface area (Å²) in [5, 5.41) is 3.78. The quantitative estimate of drug-likeness (QED) is 0.740. The largest absolute Gasteiger partial charge is 0.325 e. The first kappa shape index (κ1) is 19.9. The highest BCUT2D eigenvalue weighted by molar-refractivity contribution is 6.30. The van der Waals surface area contributed by atoms with Gasteiger partial charge in [-0.1, -0.05) is 41.9 Å². The third-order valence-electron chi connectivity index (χ3n) is 5.04. The SMILES string of the molecule is Cc1ccccc1NC(=O)CN(CCN1CCCC1)Cc1ccc(Cl)cc1. The molecule has 5 heteroatoms. The lowest BCUT2D eigenvalue weighted by Gasteiger charge is -2.25. The van der Waals surface area contributed by atoms with Gasteiger partial charge in [0.05, 0.1) is 6.54 Å². The van der Waals surface area contributed by atoms with Crippen molar-refractivity contribution in [1.82, 2.24) is 9.80 Å². The molecule has 1 fully saturated rings. The van der Waals surface area contributed by atoms with Gasteiger partial charge in [0.2, 0.25) is 5.91 Å². The van der Waals surface area contributed by atoms with Gasteiger partial charge >= 0.3 is 0 Å². The van der Waals surface area contributed by atoms with Gasteiger partial charge in [-0.05, 0) is 62.2 Å². The number of aryl methyl sites for hydroxylation is 1. The molecule has 1 N–H and O–H groups in total. The number of hydrogen-bond acceptors (Lipinski definition) is 3. The molecule has 1 saturated heterocycles. The number of para-hydroxylation sites is 1. The zero-order valence-corrected chi connectivity index (χ0v) is 16.7. The van der Waals surface area contributed by atoms with Crippen LogP contribution in [0.5, 0.6) is 0 Å². The van der Waals surface area contributed by atoms with Crippen LogP contribution in [0.3, 0.4) is 0 Å². The minimum absolute atomic E-state index is 0.0275. The van der Waals surface area contributed by atoms with Gasteiger partial charge in [0.25, 0.3) is 0 Å². The van der Waals surface area contributed by atoms with Crippen molar-refractivity contribution in [2.75, 3.05) is 38.0 Å². The number of likely N-dealkylation sites (tertiary alicyclic amines) is 1. The normalized spacial score (nSPS) is 14.6. The van der Waals surface area contributed by atoms with Gasteiger partial charge in [-0.2, -0.15) is 0 Å². The molecular formula is C22H28ClN3O. The van der Waals surface area contributed by atoms with Crippen molar-refractivity contribution in [2.24, 2.45) is 0 Å². The highest BCUT2D eigenvalue weighted by Gasteiger charge is 2.16. The maximum Gasteiger partial charge on any atom is 0.238 e. The fraction of sp³-hybridized carbons (Fsp3) is 0.409. The molecule has 1 amide bonds. The third kappa shape index (κ3) is 6.35. The van der Waals surface area contributed by atoms with Gasteiger partial charge in [-0.25, -0.2) is 0 Å². The number of rotatable bonds is 8. The van der Waals surface area contributed by atoms with Crippen LogP contribution in [-0.4, -0.2) is 48.4 Å². The van der Waals surface area contributed by atoms with E-state index in [0.29, 0.717) is 6.54 Å². The molecule has 1 aliphatic heterocycles. The molecule has 1 heterocycles. The van der Waals surface area contributed by atoms with Crippen LogP contribution < -0.4 is 5.32 Å². The van der Waals surface area contributed by atoms with E-state index in [4.69, 9.17) is 11.6 Å². The second kappa shape index (κ2) is 9.88. The predicted molar refractivity (Wildman–Crippen MR) is 112 cm³/mol. The Morgan fingerprint density at radius 3 is 2.52 bits per heavy atom.